The summed E-state index contributed by atoms with van der Waals surface area (Å²) >= 11 is 8.34. The molecule has 0 bridgehead atoms. The molecule has 0 radical (unpaired) electrons. The maximum Gasteiger partial charge on any atom is 0.147 e. The van der Waals surface area contributed by atoms with Crippen LogP contribution < -0.4 is 0 Å². The van der Waals surface area contributed by atoms with Crippen molar-refractivity contribution in [2.45, 2.75) is 16.6 Å². The quantitative estimate of drug-likeness (QED) is 0.592. The maximum absolute atomic E-state index is 11.4. The number of benzene rings is 1. The molecule has 0 unspecified atom stereocenters. The molecule has 0 atom stereocenters. The Hall–Kier alpha value is 0.200. The Kier molecular flexibility index (Phi) is 5.94. The predicted octanol–water partition coefficient (Wildman–Crippen LogP) is 3.81. The fraction of sp³-hybridized carbons (Fsp3) is 0.364. The van der Waals surface area contributed by atoms with Crippen molar-refractivity contribution in [1.82, 2.24) is 0 Å². The molecular weight excluding hydrogens is 340 g/mol. The van der Waals surface area contributed by atoms with E-state index >= 15 is 0 Å². The zero-order chi connectivity index (χ0) is 11.3. The van der Waals surface area contributed by atoms with Crippen molar-refractivity contribution < 1.29 is 4.79 Å². The molecule has 1 aromatic carbocycles. The number of carbonyl (C=O) groups is 1. The molecular formula is C11H12Br2OS. The highest BCUT2D eigenvalue weighted by Crippen LogP contribution is 2.25. The largest absolute Gasteiger partial charge is 0.298 e. The van der Waals surface area contributed by atoms with Crippen molar-refractivity contribution in [2.24, 2.45) is 0 Å². The Bertz CT molecular complexity index is 330. The lowest BCUT2D eigenvalue weighted by atomic mass is 10.0. The molecule has 0 aromatic heterocycles. The highest BCUT2D eigenvalue weighted by molar-refractivity contribution is 9.09. The molecule has 0 aliphatic heterocycles. The fourth-order valence-electron chi connectivity index (χ4n) is 1.37. The van der Waals surface area contributed by atoms with Gasteiger partial charge in [0.25, 0.3) is 0 Å². The molecule has 0 N–H and O–H groups in total. The van der Waals surface area contributed by atoms with Crippen LogP contribution in [0.5, 0.6) is 0 Å². The van der Waals surface area contributed by atoms with E-state index in [9.17, 15) is 4.79 Å². The zero-order valence-corrected chi connectivity index (χ0v) is 12.4. The van der Waals surface area contributed by atoms with Gasteiger partial charge in [0.1, 0.15) is 5.78 Å². The van der Waals surface area contributed by atoms with Crippen molar-refractivity contribution >= 4 is 49.4 Å². The lowest BCUT2D eigenvalue weighted by molar-refractivity contribution is -0.115. The third-order valence-corrected chi connectivity index (χ3v) is 4.17. The Morgan fingerprint density at radius 3 is 2.67 bits per heavy atom. The lowest BCUT2D eigenvalue weighted by Crippen LogP contribution is -2.06. The van der Waals surface area contributed by atoms with Crippen molar-refractivity contribution in [3.8, 4) is 0 Å². The average molecular weight is 352 g/mol. The smallest absolute Gasteiger partial charge is 0.147 e. The van der Waals surface area contributed by atoms with Crippen LogP contribution in [0.2, 0.25) is 0 Å². The van der Waals surface area contributed by atoms with E-state index in [1.54, 1.807) is 11.8 Å². The number of hydrogen-bond acceptors (Lipinski definition) is 2. The van der Waals surface area contributed by atoms with Gasteiger partial charge in [-0.2, -0.15) is 0 Å². The second kappa shape index (κ2) is 6.71. The van der Waals surface area contributed by atoms with Gasteiger partial charge in [0.2, 0.25) is 0 Å². The van der Waals surface area contributed by atoms with Crippen LogP contribution in [0.25, 0.3) is 0 Å². The molecule has 0 saturated heterocycles. The Labute approximate surface area is 111 Å². The van der Waals surface area contributed by atoms with Crippen LogP contribution in [0.3, 0.4) is 0 Å². The first-order valence-corrected chi connectivity index (χ1v) is 7.98. The van der Waals surface area contributed by atoms with E-state index in [4.69, 9.17) is 0 Å². The minimum Gasteiger partial charge on any atom is -0.298 e. The van der Waals surface area contributed by atoms with Gasteiger partial charge < -0.3 is 0 Å². The molecule has 0 aliphatic carbocycles. The monoisotopic (exact) mass is 350 g/mol. The molecule has 1 nitrogen and oxygen atoms in total. The molecule has 0 amide bonds. The summed E-state index contributed by atoms with van der Waals surface area (Å²) in [5.41, 5.74) is 2.36. The Balaban J connectivity index is 3.05. The third kappa shape index (κ3) is 3.61. The summed E-state index contributed by atoms with van der Waals surface area (Å²) < 4.78 is 0. The van der Waals surface area contributed by atoms with Gasteiger partial charge in [-0.05, 0) is 23.4 Å². The summed E-state index contributed by atoms with van der Waals surface area (Å²) in [5.74, 6) is 0.221. The van der Waals surface area contributed by atoms with Crippen LogP contribution in [-0.2, 0) is 16.5 Å². The molecule has 0 saturated carbocycles. The zero-order valence-electron chi connectivity index (χ0n) is 8.43. The highest BCUT2D eigenvalue weighted by Gasteiger charge is 2.10. The number of ketones is 1. The molecule has 1 aromatic rings. The lowest BCUT2D eigenvalue weighted by Gasteiger charge is -2.10. The third-order valence-electron chi connectivity index (χ3n) is 2.12. The first-order chi connectivity index (χ1) is 7.22. The Morgan fingerprint density at radius 2 is 2.13 bits per heavy atom. The summed E-state index contributed by atoms with van der Waals surface area (Å²) in [6.45, 7) is 0. The van der Waals surface area contributed by atoms with Gasteiger partial charge in [-0.15, -0.1) is 11.8 Å². The van der Waals surface area contributed by atoms with Crippen LogP contribution in [-0.4, -0.2) is 17.4 Å². The average Bonchev–Trinajstić information content (AvgIpc) is 2.29. The molecule has 0 heterocycles. The number of alkyl halides is 2. The second-order valence-electron chi connectivity index (χ2n) is 3.08. The van der Waals surface area contributed by atoms with Crippen LogP contribution in [0.15, 0.2) is 23.1 Å². The predicted molar refractivity (Wildman–Crippen MR) is 73.4 cm³/mol. The molecule has 4 heteroatoms. The van der Waals surface area contributed by atoms with E-state index in [1.807, 2.05) is 12.3 Å². The van der Waals surface area contributed by atoms with Crippen molar-refractivity contribution in [3.63, 3.8) is 0 Å². The molecule has 0 fully saturated rings. The van der Waals surface area contributed by atoms with Crippen LogP contribution >= 0.6 is 43.6 Å². The normalized spacial score (nSPS) is 10.3. The van der Waals surface area contributed by atoms with Crippen molar-refractivity contribution in [3.05, 3.63) is 29.3 Å². The fourth-order valence-corrected chi connectivity index (χ4v) is 2.76. The maximum atomic E-state index is 11.4. The van der Waals surface area contributed by atoms with Crippen LogP contribution in [0.4, 0.5) is 0 Å². The summed E-state index contributed by atoms with van der Waals surface area (Å²) in [7, 11) is 0. The van der Waals surface area contributed by atoms with E-state index in [2.05, 4.69) is 44.0 Å². The minimum absolute atomic E-state index is 0.221. The van der Waals surface area contributed by atoms with E-state index in [0.29, 0.717) is 11.8 Å². The van der Waals surface area contributed by atoms with E-state index in [-0.39, 0.29) is 5.78 Å². The second-order valence-corrected chi connectivity index (χ2v) is 5.05. The van der Waals surface area contributed by atoms with Crippen LogP contribution in [0, 0.1) is 0 Å². The molecule has 0 aliphatic rings. The number of halogens is 2. The number of hydrogen-bond donors (Lipinski definition) is 0. The highest BCUT2D eigenvalue weighted by atomic mass is 79.9. The number of Topliss-reactive ketones (excluding diaryl/α,β-unsaturated/α-hetero) is 1. The summed E-state index contributed by atoms with van der Waals surface area (Å²) in [5, 5.41) is 1.23. The first kappa shape index (κ1) is 13.3. The van der Waals surface area contributed by atoms with Gasteiger partial charge in [-0.25, -0.2) is 0 Å². The molecule has 0 spiro atoms. The summed E-state index contributed by atoms with van der Waals surface area (Å²) in [4.78, 5) is 12.6. The first-order valence-electron chi connectivity index (χ1n) is 4.51. The number of rotatable bonds is 5. The Morgan fingerprint density at radius 1 is 1.40 bits per heavy atom. The standard InChI is InChI=1S/C11H12Br2OS/c1-15-11-4-2-3-8(6-12)10(11)5-9(14)7-13/h2-4H,5-7H2,1H3. The van der Waals surface area contributed by atoms with Crippen molar-refractivity contribution in [2.75, 3.05) is 11.6 Å². The molecule has 82 valence electrons. The van der Waals surface area contributed by atoms with Gasteiger partial charge in [-0.3, -0.25) is 4.79 Å². The SMILES string of the molecule is CSc1cccc(CBr)c1CC(=O)CBr. The number of thioether (sulfide) groups is 1. The van der Waals surface area contributed by atoms with Gasteiger partial charge in [0.15, 0.2) is 0 Å². The van der Waals surface area contributed by atoms with Gasteiger partial charge in [-0.1, -0.05) is 44.0 Å². The van der Waals surface area contributed by atoms with E-state index in [0.717, 1.165) is 10.9 Å². The van der Waals surface area contributed by atoms with Gasteiger partial charge in [0, 0.05) is 16.6 Å². The van der Waals surface area contributed by atoms with E-state index < -0.39 is 0 Å². The topological polar surface area (TPSA) is 17.1 Å². The summed E-state index contributed by atoms with van der Waals surface area (Å²) in [6, 6.07) is 6.16. The molecule has 15 heavy (non-hydrogen) atoms. The van der Waals surface area contributed by atoms with Gasteiger partial charge >= 0.3 is 0 Å². The van der Waals surface area contributed by atoms with Crippen LogP contribution in [0.1, 0.15) is 11.1 Å². The molecule has 1 rings (SSSR count). The summed E-state index contributed by atoms with van der Waals surface area (Å²) in [6.07, 6.45) is 2.55. The minimum atomic E-state index is 0.221. The van der Waals surface area contributed by atoms with Crippen molar-refractivity contribution in [1.29, 1.82) is 0 Å². The number of carbonyl (C=O) groups excluding carboxylic acids is 1. The van der Waals surface area contributed by atoms with Gasteiger partial charge in [0.05, 0.1) is 5.33 Å². The van der Waals surface area contributed by atoms with E-state index in [1.165, 1.54) is 10.5 Å².